The molecule has 0 atom stereocenters. The van der Waals surface area contributed by atoms with Gasteiger partial charge in [0.15, 0.2) is 0 Å². The normalized spacial score (nSPS) is 13.1. The van der Waals surface area contributed by atoms with Crippen LogP contribution in [0, 0.1) is 0 Å². The molecule has 0 saturated heterocycles. The van der Waals surface area contributed by atoms with E-state index in [1.54, 1.807) is 0 Å². The van der Waals surface area contributed by atoms with Crippen LogP contribution >= 0.6 is 0 Å². The van der Waals surface area contributed by atoms with Crippen molar-refractivity contribution < 1.29 is 7.67 Å². The zero-order valence-electron chi connectivity index (χ0n) is 6.12. The molecule has 0 heterocycles. The summed E-state index contributed by atoms with van der Waals surface area (Å²) in [4.78, 5) is 0. The standard InChI is InChI=1S/C4H12N2O2Se/c1-5(2)9(7,8)6(3)4/h1-4H3. The van der Waals surface area contributed by atoms with Gasteiger partial charge in [-0.1, -0.05) is 0 Å². The van der Waals surface area contributed by atoms with E-state index in [0.29, 0.717) is 0 Å². The quantitative estimate of drug-likeness (QED) is 0.557. The van der Waals surface area contributed by atoms with Crippen LogP contribution in [0.2, 0.25) is 0 Å². The fourth-order valence-corrected chi connectivity index (χ4v) is 1.70. The van der Waals surface area contributed by atoms with E-state index >= 15 is 0 Å². The first kappa shape index (κ1) is 9.04. The van der Waals surface area contributed by atoms with Gasteiger partial charge in [-0.2, -0.15) is 0 Å². The average Bonchev–Trinajstić information content (AvgIpc) is 1.65. The zero-order valence-corrected chi connectivity index (χ0v) is 7.83. The van der Waals surface area contributed by atoms with Crippen LogP contribution in [0.5, 0.6) is 0 Å². The van der Waals surface area contributed by atoms with Crippen molar-refractivity contribution >= 4 is 13.1 Å². The Hall–Kier alpha value is 0.0395. The van der Waals surface area contributed by atoms with Gasteiger partial charge in [0.1, 0.15) is 0 Å². The Balaban J connectivity index is 4.42. The van der Waals surface area contributed by atoms with Crippen molar-refractivity contribution in [1.82, 2.24) is 7.83 Å². The average molecular weight is 199 g/mol. The summed E-state index contributed by atoms with van der Waals surface area (Å²) in [7, 11) is 6.11. The second-order valence-electron chi connectivity index (χ2n) is 2.07. The second-order valence-corrected chi connectivity index (χ2v) is 7.02. The first-order valence-electron chi connectivity index (χ1n) is 2.49. The van der Waals surface area contributed by atoms with Crippen molar-refractivity contribution in [1.29, 1.82) is 0 Å². The van der Waals surface area contributed by atoms with Crippen molar-refractivity contribution in [2.24, 2.45) is 0 Å². The molecule has 0 unspecified atom stereocenters. The Morgan fingerprint density at radius 2 is 1.11 bits per heavy atom. The molecule has 0 aliphatic carbocycles. The van der Waals surface area contributed by atoms with Crippen molar-refractivity contribution in [3.63, 3.8) is 0 Å². The van der Waals surface area contributed by atoms with E-state index in [9.17, 15) is 7.67 Å². The van der Waals surface area contributed by atoms with Gasteiger partial charge in [-0.05, 0) is 0 Å². The molecule has 0 aliphatic rings. The summed E-state index contributed by atoms with van der Waals surface area (Å²) in [6.45, 7) is 0. The van der Waals surface area contributed by atoms with Gasteiger partial charge >= 0.3 is 56.8 Å². The Labute approximate surface area is 57.5 Å². The summed E-state index contributed by atoms with van der Waals surface area (Å²) in [6.07, 6.45) is 0. The molecule has 0 spiro atoms. The molecule has 0 fully saturated rings. The van der Waals surface area contributed by atoms with E-state index in [1.165, 1.54) is 36.0 Å². The molecule has 0 aromatic carbocycles. The molecule has 0 aromatic heterocycles. The molecule has 0 rings (SSSR count). The predicted molar refractivity (Wildman–Crippen MR) is 34.5 cm³/mol. The van der Waals surface area contributed by atoms with Gasteiger partial charge in [0, 0.05) is 0 Å². The van der Waals surface area contributed by atoms with Crippen LogP contribution in [-0.4, -0.2) is 49.2 Å². The van der Waals surface area contributed by atoms with Crippen LogP contribution in [0.4, 0.5) is 0 Å². The predicted octanol–water partition coefficient (Wildman–Crippen LogP) is -0.594. The molecule has 0 bridgehead atoms. The molecule has 9 heavy (non-hydrogen) atoms. The summed E-state index contributed by atoms with van der Waals surface area (Å²) in [5, 5.41) is 0. The summed E-state index contributed by atoms with van der Waals surface area (Å²) in [6, 6.07) is 0. The summed E-state index contributed by atoms with van der Waals surface area (Å²) >= 11 is -3.86. The van der Waals surface area contributed by atoms with Gasteiger partial charge < -0.3 is 0 Å². The van der Waals surface area contributed by atoms with Crippen LogP contribution < -0.4 is 0 Å². The third-order valence-corrected chi connectivity index (χ3v) is 4.80. The summed E-state index contributed by atoms with van der Waals surface area (Å²) < 4.78 is 24.4. The third kappa shape index (κ3) is 2.02. The minimum atomic E-state index is -3.86. The molecular weight excluding hydrogens is 187 g/mol. The Bertz CT molecular complexity index is 157. The zero-order chi connectivity index (χ0) is 7.65. The monoisotopic (exact) mass is 200 g/mol. The molecule has 4 nitrogen and oxygen atoms in total. The van der Waals surface area contributed by atoms with Crippen LogP contribution in [0.25, 0.3) is 0 Å². The van der Waals surface area contributed by atoms with E-state index in [0.717, 1.165) is 0 Å². The van der Waals surface area contributed by atoms with Crippen LogP contribution in [-0.2, 0) is 7.67 Å². The number of nitrogens with zero attached hydrogens (tertiary/aromatic N) is 2. The fraction of sp³-hybridized carbons (Fsp3) is 1.00. The molecule has 0 aromatic rings. The van der Waals surface area contributed by atoms with Crippen molar-refractivity contribution in [3.05, 3.63) is 0 Å². The van der Waals surface area contributed by atoms with Gasteiger partial charge in [-0.3, -0.25) is 0 Å². The Kier molecular flexibility index (Phi) is 2.76. The SMILES string of the molecule is CN(C)[Se](=O)(=O)N(C)C. The van der Waals surface area contributed by atoms with Gasteiger partial charge in [-0.15, -0.1) is 0 Å². The topological polar surface area (TPSA) is 40.6 Å². The summed E-state index contributed by atoms with van der Waals surface area (Å²) in [5.41, 5.74) is 0. The third-order valence-electron chi connectivity index (χ3n) is 0.923. The van der Waals surface area contributed by atoms with Gasteiger partial charge in [0.05, 0.1) is 0 Å². The van der Waals surface area contributed by atoms with Gasteiger partial charge in [0.2, 0.25) is 0 Å². The number of hydrogen-bond acceptors (Lipinski definition) is 2. The van der Waals surface area contributed by atoms with E-state index in [4.69, 9.17) is 0 Å². The van der Waals surface area contributed by atoms with Crippen molar-refractivity contribution in [2.75, 3.05) is 28.2 Å². The molecule has 0 amide bonds. The Morgan fingerprint density at radius 3 is 1.11 bits per heavy atom. The van der Waals surface area contributed by atoms with E-state index in [-0.39, 0.29) is 0 Å². The van der Waals surface area contributed by atoms with Crippen molar-refractivity contribution in [3.8, 4) is 0 Å². The van der Waals surface area contributed by atoms with E-state index < -0.39 is 13.1 Å². The molecule has 0 radical (unpaired) electrons. The molecule has 0 aliphatic heterocycles. The Morgan fingerprint density at radius 1 is 0.889 bits per heavy atom. The second kappa shape index (κ2) is 2.75. The first-order chi connectivity index (χ1) is 3.89. The van der Waals surface area contributed by atoms with Crippen molar-refractivity contribution in [2.45, 2.75) is 0 Å². The molecular formula is C4H12N2O2Se. The number of hydrogen-bond donors (Lipinski definition) is 0. The summed E-state index contributed by atoms with van der Waals surface area (Å²) in [5.74, 6) is 0. The molecule has 0 saturated carbocycles. The molecule has 56 valence electrons. The first-order valence-corrected chi connectivity index (χ1v) is 5.42. The number of rotatable bonds is 2. The molecule has 0 N–H and O–H groups in total. The van der Waals surface area contributed by atoms with Gasteiger partial charge in [0.25, 0.3) is 0 Å². The minimum absolute atomic E-state index is 1.23. The molecule has 5 heteroatoms. The van der Waals surface area contributed by atoms with Crippen LogP contribution in [0.15, 0.2) is 0 Å². The maximum absolute atomic E-state index is 11.0. The maximum atomic E-state index is 11.0. The van der Waals surface area contributed by atoms with E-state index in [1.807, 2.05) is 0 Å². The van der Waals surface area contributed by atoms with Gasteiger partial charge in [-0.25, -0.2) is 0 Å². The van der Waals surface area contributed by atoms with Crippen LogP contribution in [0.3, 0.4) is 0 Å². The van der Waals surface area contributed by atoms with Crippen LogP contribution in [0.1, 0.15) is 0 Å². The van der Waals surface area contributed by atoms with E-state index in [2.05, 4.69) is 0 Å². The fourth-order valence-electron chi connectivity index (χ4n) is 0.327.